The first kappa shape index (κ1) is 23.0. The fraction of sp³-hybridized carbons (Fsp3) is 0.586. The van der Waals surface area contributed by atoms with Crippen LogP contribution in [0.1, 0.15) is 93.9 Å². The minimum absolute atomic E-state index is 0.00225. The molecule has 30 heavy (non-hydrogen) atoms. The topological polar surface area (TPSA) is 0 Å². The summed E-state index contributed by atoms with van der Waals surface area (Å²) in [6.07, 6.45) is 15.9. The first-order chi connectivity index (χ1) is 14.7. The second-order valence-corrected chi connectivity index (χ2v) is 9.56. The lowest BCUT2D eigenvalue weighted by Gasteiger charge is -2.28. The molecule has 164 valence electrons. The number of halogens is 1. The number of hydrogen-bond donors (Lipinski definition) is 0. The molecule has 1 saturated carbocycles. The van der Waals surface area contributed by atoms with Crippen molar-refractivity contribution < 1.29 is 4.39 Å². The SMILES string of the molecule is CCCCC1CCC(CCc2ccc(CCc3ccc(CCC)cc3)cc2F)CC1. The van der Waals surface area contributed by atoms with Gasteiger partial charge in [0.2, 0.25) is 0 Å². The quantitative estimate of drug-likeness (QED) is 0.349. The lowest BCUT2D eigenvalue weighted by atomic mass is 9.78. The van der Waals surface area contributed by atoms with Crippen LogP contribution in [-0.4, -0.2) is 0 Å². The highest BCUT2D eigenvalue weighted by Crippen LogP contribution is 2.34. The maximum Gasteiger partial charge on any atom is 0.126 e. The van der Waals surface area contributed by atoms with Crippen LogP contribution in [-0.2, 0) is 25.7 Å². The van der Waals surface area contributed by atoms with Crippen molar-refractivity contribution in [1.29, 1.82) is 0 Å². The first-order valence-corrected chi connectivity index (χ1v) is 12.5. The molecule has 2 aromatic carbocycles. The number of rotatable bonds is 11. The summed E-state index contributed by atoms with van der Waals surface area (Å²) in [5.41, 5.74) is 4.78. The molecule has 0 amide bonds. The van der Waals surface area contributed by atoms with Gasteiger partial charge in [-0.2, -0.15) is 0 Å². The fourth-order valence-electron chi connectivity index (χ4n) is 5.06. The van der Waals surface area contributed by atoms with Gasteiger partial charge >= 0.3 is 0 Å². The lowest BCUT2D eigenvalue weighted by Crippen LogP contribution is -2.15. The summed E-state index contributed by atoms with van der Waals surface area (Å²) in [4.78, 5) is 0. The van der Waals surface area contributed by atoms with E-state index >= 15 is 0 Å². The van der Waals surface area contributed by atoms with E-state index in [0.29, 0.717) is 0 Å². The minimum atomic E-state index is 0.00225. The average Bonchev–Trinajstić information content (AvgIpc) is 2.77. The van der Waals surface area contributed by atoms with E-state index < -0.39 is 0 Å². The van der Waals surface area contributed by atoms with Crippen molar-refractivity contribution in [2.45, 2.75) is 97.3 Å². The van der Waals surface area contributed by atoms with Crippen molar-refractivity contribution >= 4 is 0 Å². The Balaban J connectivity index is 1.42. The van der Waals surface area contributed by atoms with Crippen LogP contribution in [0, 0.1) is 17.7 Å². The Hall–Kier alpha value is -1.63. The molecule has 1 aliphatic carbocycles. The van der Waals surface area contributed by atoms with Gasteiger partial charge in [0.05, 0.1) is 0 Å². The van der Waals surface area contributed by atoms with Crippen LogP contribution in [0.25, 0.3) is 0 Å². The Kier molecular flexibility index (Phi) is 9.43. The molecule has 0 heterocycles. The zero-order valence-corrected chi connectivity index (χ0v) is 19.3. The fourth-order valence-corrected chi connectivity index (χ4v) is 5.06. The molecular formula is C29H41F. The molecule has 0 aromatic heterocycles. The summed E-state index contributed by atoms with van der Waals surface area (Å²) >= 11 is 0. The smallest absolute Gasteiger partial charge is 0.126 e. The molecule has 0 bridgehead atoms. The van der Waals surface area contributed by atoms with Crippen molar-refractivity contribution in [2.24, 2.45) is 11.8 Å². The summed E-state index contributed by atoms with van der Waals surface area (Å²) in [5, 5.41) is 0. The highest BCUT2D eigenvalue weighted by Gasteiger charge is 2.21. The van der Waals surface area contributed by atoms with Crippen molar-refractivity contribution in [3.63, 3.8) is 0 Å². The Labute approximate surface area is 184 Å². The Morgan fingerprint density at radius 2 is 1.23 bits per heavy atom. The van der Waals surface area contributed by atoms with Gasteiger partial charge in [-0.15, -0.1) is 0 Å². The second kappa shape index (κ2) is 12.3. The highest BCUT2D eigenvalue weighted by molar-refractivity contribution is 5.27. The molecule has 0 saturated heterocycles. The summed E-state index contributed by atoms with van der Waals surface area (Å²) < 4.78 is 14.7. The molecule has 1 aliphatic rings. The van der Waals surface area contributed by atoms with Crippen LogP contribution in [0.2, 0.25) is 0 Å². The molecular weight excluding hydrogens is 367 g/mol. The molecule has 0 radical (unpaired) electrons. The largest absolute Gasteiger partial charge is 0.207 e. The van der Waals surface area contributed by atoms with E-state index in [9.17, 15) is 4.39 Å². The van der Waals surface area contributed by atoms with Crippen molar-refractivity contribution in [2.75, 3.05) is 0 Å². The van der Waals surface area contributed by atoms with Crippen LogP contribution in [0.4, 0.5) is 4.39 Å². The third-order valence-electron chi connectivity index (χ3n) is 7.14. The molecule has 0 atom stereocenters. The van der Waals surface area contributed by atoms with Gasteiger partial charge in [0.15, 0.2) is 0 Å². The van der Waals surface area contributed by atoms with Crippen LogP contribution in [0.15, 0.2) is 42.5 Å². The maximum absolute atomic E-state index is 14.7. The number of hydrogen-bond acceptors (Lipinski definition) is 0. The van der Waals surface area contributed by atoms with Gasteiger partial charge in [0.25, 0.3) is 0 Å². The zero-order valence-electron chi connectivity index (χ0n) is 19.3. The van der Waals surface area contributed by atoms with Gasteiger partial charge in [0.1, 0.15) is 5.82 Å². The third kappa shape index (κ3) is 7.25. The molecule has 0 aliphatic heterocycles. The first-order valence-electron chi connectivity index (χ1n) is 12.5. The number of unbranched alkanes of at least 4 members (excludes halogenated alkanes) is 1. The van der Waals surface area contributed by atoms with E-state index in [1.165, 1.54) is 62.5 Å². The van der Waals surface area contributed by atoms with Crippen LogP contribution >= 0.6 is 0 Å². The van der Waals surface area contributed by atoms with Gasteiger partial charge < -0.3 is 0 Å². The van der Waals surface area contributed by atoms with E-state index in [0.717, 1.165) is 55.1 Å². The Bertz CT molecular complexity index is 737. The van der Waals surface area contributed by atoms with Gasteiger partial charge in [-0.05, 0) is 72.3 Å². The van der Waals surface area contributed by atoms with Crippen molar-refractivity contribution in [3.05, 3.63) is 70.5 Å². The zero-order chi connectivity index (χ0) is 21.2. The van der Waals surface area contributed by atoms with E-state index in [1.807, 2.05) is 6.07 Å². The maximum atomic E-state index is 14.7. The summed E-state index contributed by atoms with van der Waals surface area (Å²) in [5.74, 6) is 1.76. The van der Waals surface area contributed by atoms with Gasteiger partial charge in [-0.25, -0.2) is 4.39 Å². The normalized spacial score (nSPS) is 19.2. The van der Waals surface area contributed by atoms with Crippen LogP contribution in [0.3, 0.4) is 0 Å². The van der Waals surface area contributed by atoms with Crippen LogP contribution < -0.4 is 0 Å². The predicted molar refractivity (Wildman–Crippen MR) is 128 cm³/mol. The van der Waals surface area contributed by atoms with Gasteiger partial charge in [-0.1, -0.05) is 102 Å². The summed E-state index contributed by atoms with van der Waals surface area (Å²) in [6.45, 7) is 4.50. The van der Waals surface area contributed by atoms with Crippen LogP contribution in [0.5, 0.6) is 0 Å². The lowest BCUT2D eigenvalue weighted by molar-refractivity contribution is 0.249. The molecule has 1 fully saturated rings. The standard InChI is InChI=1S/C29H41F/c1-3-5-7-24-10-14-26(15-11-24)18-20-28-21-19-27(22-29(28)30)17-16-25-12-8-23(6-4-2)9-13-25/h8-9,12-13,19,21-22,24,26H,3-7,10-11,14-18,20H2,1-2H3. The Morgan fingerprint density at radius 3 is 1.83 bits per heavy atom. The second-order valence-electron chi connectivity index (χ2n) is 9.56. The molecule has 0 nitrogen and oxygen atoms in total. The minimum Gasteiger partial charge on any atom is -0.207 e. The van der Waals surface area contributed by atoms with Crippen molar-refractivity contribution in [1.82, 2.24) is 0 Å². The van der Waals surface area contributed by atoms with E-state index in [2.05, 4.69) is 44.2 Å². The van der Waals surface area contributed by atoms with Gasteiger partial charge in [-0.3, -0.25) is 0 Å². The Morgan fingerprint density at radius 1 is 0.667 bits per heavy atom. The highest BCUT2D eigenvalue weighted by atomic mass is 19.1. The van der Waals surface area contributed by atoms with E-state index in [1.54, 1.807) is 6.07 Å². The number of benzene rings is 2. The molecule has 1 heteroatoms. The van der Waals surface area contributed by atoms with E-state index in [4.69, 9.17) is 0 Å². The molecule has 2 aromatic rings. The summed E-state index contributed by atoms with van der Waals surface area (Å²) in [6, 6.07) is 14.9. The summed E-state index contributed by atoms with van der Waals surface area (Å²) in [7, 11) is 0. The average molecular weight is 409 g/mol. The molecule has 0 N–H and O–H groups in total. The van der Waals surface area contributed by atoms with Gasteiger partial charge in [0, 0.05) is 0 Å². The molecule has 0 unspecified atom stereocenters. The van der Waals surface area contributed by atoms with E-state index in [-0.39, 0.29) is 5.82 Å². The van der Waals surface area contributed by atoms with Crippen molar-refractivity contribution in [3.8, 4) is 0 Å². The predicted octanol–water partition coefficient (Wildman–Crippen LogP) is 8.49. The molecule has 3 rings (SSSR count). The third-order valence-corrected chi connectivity index (χ3v) is 7.14. The monoisotopic (exact) mass is 408 g/mol. The molecule has 0 spiro atoms. The number of aryl methyl sites for hydroxylation is 4.